The predicted molar refractivity (Wildman–Crippen MR) is 58.1 cm³/mol. The van der Waals surface area contributed by atoms with E-state index >= 15 is 0 Å². The third kappa shape index (κ3) is 24.9. The van der Waals surface area contributed by atoms with Crippen molar-refractivity contribution in [2.75, 3.05) is 0 Å². The quantitative estimate of drug-likeness (QED) is 0.525. The Morgan fingerprint density at radius 2 is 1.73 bits per heavy atom. The van der Waals surface area contributed by atoms with Crippen molar-refractivity contribution >= 4 is 5.97 Å². The molecule has 0 aliphatic carbocycles. The van der Waals surface area contributed by atoms with Crippen LogP contribution in [0.3, 0.4) is 0 Å². The van der Waals surface area contributed by atoms with Crippen LogP contribution in [0, 0.1) is 0 Å². The summed E-state index contributed by atoms with van der Waals surface area (Å²) in [7, 11) is 0. The molecular weight excluding hydrogens is 242 g/mol. The van der Waals surface area contributed by atoms with E-state index < -0.39 is 5.97 Å². The second-order valence-electron chi connectivity index (χ2n) is 4.08. The Kier molecular flexibility index (Phi) is 16.4. The molecule has 0 aromatic carbocycles. The van der Waals surface area contributed by atoms with Gasteiger partial charge in [0.1, 0.15) is 0 Å². The van der Waals surface area contributed by atoms with Crippen LogP contribution in [0.2, 0.25) is 4.51 Å². The summed E-state index contributed by atoms with van der Waals surface area (Å²) in [5, 5.41) is 9.76. The topological polar surface area (TPSA) is 40.1 Å². The van der Waals surface area contributed by atoms with Gasteiger partial charge < -0.3 is 9.90 Å². The van der Waals surface area contributed by atoms with E-state index in [-0.39, 0.29) is 6.42 Å². The van der Waals surface area contributed by atoms with E-state index in [4.69, 9.17) is 0 Å². The molecule has 0 N–H and O–H groups in total. The molecular formula is C12H24O2Zn. The van der Waals surface area contributed by atoms with Crippen LogP contribution in [0.1, 0.15) is 65.7 Å². The van der Waals surface area contributed by atoms with Crippen molar-refractivity contribution in [1.82, 2.24) is 0 Å². The van der Waals surface area contributed by atoms with Gasteiger partial charge in [0.25, 0.3) is 0 Å². The van der Waals surface area contributed by atoms with Gasteiger partial charge in [0.15, 0.2) is 0 Å². The zero-order chi connectivity index (χ0) is 12.1. The van der Waals surface area contributed by atoms with E-state index in [1.54, 1.807) is 0 Å². The Morgan fingerprint density at radius 1 is 1.20 bits per heavy atom. The average molecular weight is 266 g/mol. The van der Waals surface area contributed by atoms with Crippen LogP contribution in [0.25, 0.3) is 0 Å². The number of aliphatic carboxylic acids is 1. The number of rotatable bonds is 7. The van der Waals surface area contributed by atoms with E-state index in [1.165, 1.54) is 37.6 Å². The van der Waals surface area contributed by atoms with Crippen molar-refractivity contribution in [3.05, 3.63) is 0 Å². The van der Waals surface area contributed by atoms with E-state index in [9.17, 15) is 9.90 Å². The Labute approximate surface area is 105 Å². The molecule has 0 radical (unpaired) electrons. The molecule has 86 valence electrons. The Hall–Kier alpha value is 0.0934. The van der Waals surface area contributed by atoms with Crippen LogP contribution in [-0.4, -0.2) is 5.97 Å². The van der Waals surface area contributed by atoms with Crippen LogP contribution < -0.4 is 5.11 Å². The molecule has 0 aliphatic rings. The molecule has 0 aliphatic heterocycles. The Balaban J connectivity index is 0. The first-order chi connectivity index (χ1) is 7.04. The van der Waals surface area contributed by atoms with Gasteiger partial charge in [0.2, 0.25) is 0 Å². The van der Waals surface area contributed by atoms with E-state index in [2.05, 4.69) is 13.8 Å². The van der Waals surface area contributed by atoms with E-state index in [0.29, 0.717) is 0 Å². The fraction of sp³-hybridized carbons (Fsp3) is 0.917. The summed E-state index contributed by atoms with van der Waals surface area (Å²) in [6, 6.07) is 0. The van der Waals surface area contributed by atoms with Crippen LogP contribution in [0.4, 0.5) is 0 Å². The van der Waals surface area contributed by atoms with Gasteiger partial charge in [-0.1, -0.05) is 19.8 Å². The van der Waals surface area contributed by atoms with Crippen molar-refractivity contribution in [2.24, 2.45) is 0 Å². The number of unbranched alkanes of at least 4 members (excludes halogenated alkanes) is 3. The van der Waals surface area contributed by atoms with Crippen molar-refractivity contribution < 1.29 is 28.2 Å². The maximum absolute atomic E-state index is 9.76. The van der Waals surface area contributed by atoms with Gasteiger partial charge in [-0.15, -0.1) is 0 Å². The summed E-state index contributed by atoms with van der Waals surface area (Å²) in [6.45, 7) is 6.62. The molecule has 0 aromatic heterocycles. The normalized spacial score (nSPS) is 11.5. The summed E-state index contributed by atoms with van der Waals surface area (Å²) in [5.41, 5.74) is 0. The molecule has 0 aromatic rings. The standard InChI is InChI=1S/C6H12O2.C6H13.Zn/c1-2-3-4-5-6(7)8;1-3-5-6-4-2;/h2-5H2,1H3,(H,7,8);3H,4-6H2,1-2H3;/q;;+1/p-1. The third-order valence-corrected chi connectivity index (χ3v) is 2.89. The fourth-order valence-corrected chi connectivity index (χ4v) is 1.68. The minimum absolute atomic E-state index is 0.216. The van der Waals surface area contributed by atoms with Crippen LogP contribution in [0.15, 0.2) is 0 Å². The molecule has 3 heteroatoms. The maximum atomic E-state index is 9.76. The van der Waals surface area contributed by atoms with Gasteiger partial charge in [-0.05, 0) is 12.8 Å². The first-order valence-electron chi connectivity index (χ1n) is 6.07. The van der Waals surface area contributed by atoms with Crippen molar-refractivity contribution in [2.45, 2.75) is 70.2 Å². The molecule has 0 rings (SSSR count). The van der Waals surface area contributed by atoms with Crippen molar-refractivity contribution in [1.29, 1.82) is 0 Å². The van der Waals surface area contributed by atoms with Gasteiger partial charge in [-0.2, -0.15) is 0 Å². The van der Waals surface area contributed by atoms with E-state index in [1.807, 2.05) is 6.92 Å². The number of hydrogen-bond acceptors (Lipinski definition) is 2. The Morgan fingerprint density at radius 3 is 2.00 bits per heavy atom. The molecule has 0 saturated heterocycles. The molecule has 0 spiro atoms. The van der Waals surface area contributed by atoms with E-state index in [0.717, 1.165) is 23.8 Å². The number of carboxylic acid groups (broad SMARTS) is 1. The van der Waals surface area contributed by atoms with Gasteiger partial charge in [0, 0.05) is 5.97 Å². The molecule has 0 bridgehead atoms. The zero-order valence-electron chi connectivity index (χ0n) is 10.6. The van der Waals surface area contributed by atoms with Gasteiger partial charge in [-0.3, -0.25) is 0 Å². The third-order valence-electron chi connectivity index (χ3n) is 2.03. The number of hydrogen-bond donors (Lipinski definition) is 0. The van der Waals surface area contributed by atoms with Crippen LogP contribution >= 0.6 is 0 Å². The summed E-state index contributed by atoms with van der Waals surface area (Å²) >= 11 is 1.47. The Bertz CT molecular complexity index is 136. The molecule has 1 atom stereocenters. The number of carboxylic acids is 1. The molecule has 0 heterocycles. The second-order valence-corrected chi connectivity index (χ2v) is 7.00. The van der Waals surface area contributed by atoms with Crippen molar-refractivity contribution in [3.8, 4) is 0 Å². The SMILES string of the molecule is CCCCCC(=O)[O-].CCCC[CH](C)[Zn+]. The molecule has 15 heavy (non-hydrogen) atoms. The predicted octanol–water partition coefficient (Wildman–Crippen LogP) is 2.85. The summed E-state index contributed by atoms with van der Waals surface area (Å²) < 4.78 is 1.03. The van der Waals surface area contributed by atoms with Gasteiger partial charge >= 0.3 is 55.9 Å². The minimum atomic E-state index is -0.932. The first-order valence-corrected chi connectivity index (χ1v) is 7.78. The first kappa shape index (κ1) is 17.5. The van der Waals surface area contributed by atoms with Crippen LogP contribution in [-0.2, 0) is 23.1 Å². The summed E-state index contributed by atoms with van der Waals surface area (Å²) in [4.78, 5) is 9.76. The van der Waals surface area contributed by atoms with Gasteiger partial charge in [0.05, 0.1) is 0 Å². The number of carbonyl (C=O) groups is 1. The second kappa shape index (κ2) is 14.1. The average Bonchev–Trinajstić information content (AvgIpc) is 2.15. The summed E-state index contributed by atoms with van der Waals surface area (Å²) in [5.74, 6) is -0.932. The monoisotopic (exact) mass is 264 g/mol. The molecule has 0 amide bonds. The summed E-state index contributed by atoms with van der Waals surface area (Å²) in [6.07, 6.45) is 7.29. The fourth-order valence-electron chi connectivity index (χ4n) is 1.07. The number of carbonyl (C=O) groups excluding carboxylic acids is 1. The molecule has 0 fully saturated rings. The molecule has 1 unspecified atom stereocenters. The zero-order valence-corrected chi connectivity index (χ0v) is 13.5. The van der Waals surface area contributed by atoms with Gasteiger partial charge in [-0.25, -0.2) is 0 Å². The molecule has 2 nitrogen and oxygen atoms in total. The molecule has 0 saturated carbocycles. The van der Waals surface area contributed by atoms with Crippen molar-refractivity contribution in [3.63, 3.8) is 0 Å². The van der Waals surface area contributed by atoms with Crippen LogP contribution in [0.5, 0.6) is 0 Å².